The van der Waals surface area contributed by atoms with Gasteiger partial charge in [-0.05, 0) is 51.2 Å². The molecule has 0 aromatic carbocycles. The molecule has 0 radical (unpaired) electrons. The van der Waals surface area contributed by atoms with Crippen molar-refractivity contribution in [2.75, 3.05) is 18.4 Å². The molecular formula is C20H32N2O2S. The van der Waals surface area contributed by atoms with Gasteiger partial charge in [-0.3, -0.25) is 9.59 Å². The fourth-order valence-electron chi connectivity index (χ4n) is 3.50. The van der Waals surface area contributed by atoms with E-state index in [1.165, 1.54) is 36.1 Å². The molecule has 5 heteroatoms. The van der Waals surface area contributed by atoms with Gasteiger partial charge in [-0.25, -0.2) is 0 Å². The van der Waals surface area contributed by atoms with E-state index in [1.807, 2.05) is 27.7 Å². The SMILES string of the molecule is CCN(CC)C(=O)C(C)(C)CC(=O)Nc1cc2c(s1)CCCCCC2. The quantitative estimate of drug-likeness (QED) is 0.800. The molecule has 1 heterocycles. The van der Waals surface area contributed by atoms with E-state index in [9.17, 15) is 9.59 Å². The summed E-state index contributed by atoms with van der Waals surface area (Å²) in [6, 6.07) is 2.14. The minimum atomic E-state index is -0.679. The third-order valence-electron chi connectivity index (χ3n) is 4.99. The zero-order chi connectivity index (χ0) is 18.4. The number of nitrogens with zero attached hydrogens (tertiary/aromatic N) is 1. The molecule has 0 saturated carbocycles. The highest BCUT2D eigenvalue weighted by atomic mass is 32.1. The number of carbonyl (C=O) groups is 2. The van der Waals surface area contributed by atoms with Crippen molar-refractivity contribution < 1.29 is 9.59 Å². The smallest absolute Gasteiger partial charge is 0.228 e. The summed E-state index contributed by atoms with van der Waals surface area (Å²) < 4.78 is 0. The molecule has 1 aliphatic rings. The molecule has 0 saturated heterocycles. The second kappa shape index (κ2) is 8.84. The average molecular weight is 365 g/mol. The Kier molecular flexibility index (Phi) is 7.05. The molecule has 1 N–H and O–H groups in total. The van der Waals surface area contributed by atoms with E-state index in [-0.39, 0.29) is 18.2 Å². The number of carbonyl (C=O) groups excluding carboxylic acids is 2. The first-order chi connectivity index (χ1) is 11.9. The topological polar surface area (TPSA) is 49.4 Å². The molecule has 0 aliphatic heterocycles. The van der Waals surface area contributed by atoms with Crippen molar-refractivity contribution in [1.82, 2.24) is 4.90 Å². The number of thiophene rings is 1. The van der Waals surface area contributed by atoms with Gasteiger partial charge in [0.05, 0.1) is 10.4 Å². The molecule has 25 heavy (non-hydrogen) atoms. The van der Waals surface area contributed by atoms with Crippen LogP contribution in [0.2, 0.25) is 0 Å². The highest BCUT2D eigenvalue weighted by Gasteiger charge is 2.33. The van der Waals surface area contributed by atoms with Crippen molar-refractivity contribution >= 4 is 28.2 Å². The Labute approximate surface area is 156 Å². The maximum absolute atomic E-state index is 12.6. The van der Waals surface area contributed by atoms with Crippen LogP contribution < -0.4 is 5.32 Å². The summed E-state index contributed by atoms with van der Waals surface area (Å²) in [5.74, 6) is -0.0224. The molecule has 0 spiro atoms. The lowest BCUT2D eigenvalue weighted by Gasteiger charge is -2.30. The molecule has 140 valence electrons. The van der Waals surface area contributed by atoms with Crippen molar-refractivity contribution in [2.45, 2.75) is 72.6 Å². The van der Waals surface area contributed by atoms with Gasteiger partial charge < -0.3 is 10.2 Å². The van der Waals surface area contributed by atoms with E-state index in [1.54, 1.807) is 16.2 Å². The number of amides is 2. The van der Waals surface area contributed by atoms with Crippen molar-refractivity contribution in [2.24, 2.45) is 5.41 Å². The lowest BCUT2D eigenvalue weighted by Crippen LogP contribution is -2.42. The van der Waals surface area contributed by atoms with Crippen LogP contribution in [0.4, 0.5) is 5.00 Å². The van der Waals surface area contributed by atoms with Crippen LogP contribution >= 0.6 is 11.3 Å². The van der Waals surface area contributed by atoms with Crippen molar-refractivity contribution in [3.63, 3.8) is 0 Å². The summed E-state index contributed by atoms with van der Waals surface area (Å²) >= 11 is 1.71. The van der Waals surface area contributed by atoms with E-state index >= 15 is 0 Å². The standard InChI is InChI=1S/C20H32N2O2S/c1-5-22(6-2)19(24)20(3,4)14-17(23)21-18-13-15-11-9-7-8-10-12-16(15)25-18/h13H,5-12,14H2,1-4H3,(H,21,23). The summed E-state index contributed by atoms with van der Waals surface area (Å²) in [7, 11) is 0. The van der Waals surface area contributed by atoms with Gasteiger partial charge in [0.15, 0.2) is 0 Å². The number of hydrogen-bond acceptors (Lipinski definition) is 3. The number of hydrogen-bond donors (Lipinski definition) is 1. The summed E-state index contributed by atoms with van der Waals surface area (Å²) in [5, 5.41) is 3.97. The summed E-state index contributed by atoms with van der Waals surface area (Å²) in [6.07, 6.45) is 7.55. The van der Waals surface area contributed by atoms with Crippen LogP contribution in [0.1, 0.15) is 70.2 Å². The molecule has 0 bridgehead atoms. The fourth-order valence-corrected chi connectivity index (χ4v) is 4.67. The Morgan fingerprint density at radius 2 is 1.76 bits per heavy atom. The van der Waals surface area contributed by atoms with E-state index in [0.29, 0.717) is 13.1 Å². The van der Waals surface area contributed by atoms with Gasteiger partial charge in [-0.1, -0.05) is 26.7 Å². The molecule has 1 aromatic heterocycles. The van der Waals surface area contributed by atoms with Gasteiger partial charge in [0.2, 0.25) is 11.8 Å². The van der Waals surface area contributed by atoms with Crippen LogP contribution in [0.5, 0.6) is 0 Å². The molecule has 0 unspecified atom stereocenters. The van der Waals surface area contributed by atoms with Gasteiger partial charge >= 0.3 is 0 Å². The van der Waals surface area contributed by atoms with Gasteiger partial charge in [0.25, 0.3) is 0 Å². The Balaban J connectivity index is 1.99. The second-order valence-electron chi connectivity index (χ2n) is 7.56. The Hall–Kier alpha value is -1.36. The van der Waals surface area contributed by atoms with Crippen LogP contribution in [0.25, 0.3) is 0 Å². The Morgan fingerprint density at radius 3 is 2.40 bits per heavy atom. The van der Waals surface area contributed by atoms with E-state index in [4.69, 9.17) is 0 Å². The maximum Gasteiger partial charge on any atom is 0.228 e. The largest absolute Gasteiger partial charge is 0.343 e. The minimum Gasteiger partial charge on any atom is -0.343 e. The minimum absolute atomic E-state index is 0.0473. The molecule has 2 amide bonds. The van der Waals surface area contributed by atoms with Gasteiger partial charge in [0, 0.05) is 24.4 Å². The lowest BCUT2D eigenvalue weighted by molar-refractivity contribution is -0.142. The second-order valence-corrected chi connectivity index (χ2v) is 8.70. The number of anilines is 1. The molecule has 2 rings (SSSR count). The average Bonchev–Trinajstić information content (AvgIpc) is 2.88. The molecular weight excluding hydrogens is 332 g/mol. The first-order valence-corrected chi connectivity index (χ1v) is 10.4. The predicted molar refractivity (Wildman–Crippen MR) is 105 cm³/mol. The maximum atomic E-state index is 12.6. The molecule has 1 aliphatic carbocycles. The molecule has 0 atom stereocenters. The highest BCUT2D eigenvalue weighted by molar-refractivity contribution is 7.16. The molecule has 1 aromatic rings. The number of aryl methyl sites for hydroxylation is 2. The van der Waals surface area contributed by atoms with Crippen LogP contribution in [0.3, 0.4) is 0 Å². The van der Waals surface area contributed by atoms with Gasteiger partial charge in [0.1, 0.15) is 0 Å². The van der Waals surface area contributed by atoms with Crippen molar-refractivity contribution in [1.29, 1.82) is 0 Å². The van der Waals surface area contributed by atoms with Crippen molar-refractivity contribution in [3.05, 3.63) is 16.5 Å². The zero-order valence-electron chi connectivity index (χ0n) is 16.1. The van der Waals surface area contributed by atoms with Gasteiger partial charge in [-0.15, -0.1) is 11.3 Å². The lowest BCUT2D eigenvalue weighted by atomic mass is 9.87. The van der Waals surface area contributed by atoms with Gasteiger partial charge in [-0.2, -0.15) is 0 Å². The summed E-state index contributed by atoms with van der Waals surface area (Å²) in [6.45, 7) is 9.02. The van der Waals surface area contributed by atoms with E-state index in [2.05, 4.69) is 11.4 Å². The third kappa shape index (κ3) is 5.30. The first-order valence-electron chi connectivity index (χ1n) is 9.58. The third-order valence-corrected chi connectivity index (χ3v) is 6.14. The van der Waals surface area contributed by atoms with E-state index < -0.39 is 5.41 Å². The summed E-state index contributed by atoms with van der Waals surface area (Å²) in [5.41, 5.74) is 0.723. The fraction of sp³-hybridized carbons (Fsp3) is 0.700. The Bertz CT molecular complexity index is 577. The molecule has 4 nitrogen and oxygen atoms in total. The number of rotatable bonds is 6. The van der Waals surface area contributed by atoms with Crippen LogP contribution in [0.15, 0.2) is 6.07 Å². The highest BCUT2D eigenvalue weighted by Crippen LogP contribution is 2.32. The van der Waals surface area contributed by atoms with Crippen LogP contribution in [0, 0.1) is 5.41 Å². The number of nitrogens with one attached hydrogen (secondary N) is 1. The summed E-state index contributed by atoms with van der Waals surface area (Å²) in [4.78, 5) is 28.3. The van der Waals surface area contributed by atoms with Crippen molar-refractivity contribution in [3.8, 4) is 0 Å². The zero-order valence-corrected chi connectivity index (χ0v) is 16.9. The van der Waals surface area contributed by atoms with Crippen LogP contribution in [-0.2, 0) is 22.4 Å². The van der Waals surface area contributed by atoms with E-state index in [0.717, 1.165) is 17.8 Å². The normalized spacial score (nSPS) is 15.0. The first kappa shape index (κ1) is 20.0. The predicted octanol–water partition coefficient (Wildman–Crippen LogP) is 4.63. The molecule has 0 fully saturated rings. The monoisotopic (exact) mass is 364 g/mol. The van der Waals surface area contributed by atoms with Crippen LogP contribution in [-0.4, -0.2) is 29.8 Å². The number of fused-ring (bicyclic) bond motifs is 1. The Morgan fingerprint density at radius 1 is 1.12 bits per heavy atom.